The minimum atomic E-state index is -0.559. The van der Waals surface area contributed by atoms with Crippen LogP contribution in [0.4, 0.5) is 0 Å². The topological polar surface area (TPSA) is 78.7 Å². The van der Waals surface area contributed by atoms with Gasteiger partial charge in [-0.3, -0.25) is 10.0 Å². The van der Waals surface area contributed by atoms with Gasteiger partial charge in [0.1, 0.15) is 5.65 Å². The molecule has 0 aliphatic heterocycles. The van der Waals surface area contributed by atoms with Gasteiger partial charge in [0.05, 0.1) is 11.4 Å². The summed E-state index contributed by atoms with van der Waals surface area (Å²) < 4.78 is 2.08. The van der Waals surface area contributed by atoms with E-state index >= 15 is 0 Å². The molecule has 0 bridgehead atoms. The highest BCUT2D eigenvalue weighted by Crippen LogP contribution is 2.26. The van der Waals surface area contributed by atoms with Crippen molar-refractivity contribution < 1.29 is 10.0 Å². The van der Waals surface area contributed by atoms with Crippen molar-refractivity contribution in [2.75, 3.05) is 6.54 Å². The Morgan fingerprint density at radius 2 is 2.17 bits per heavy atom. The molecule has 2 rings (SSSR count). The van der Waals surface area contributed by atoms with Gasteiger partial charge in [-0.05, 0) is 30.3 Å². The summed E-state index contributed by atoms with van der Waals surface area (Å²) in [4.78, 5) is 15.9. The maximum Gasteiger partial charge on any atom is 0.267 e. The summed E-state index contributed by atoms with van der Waals surface area (Å²) >= 11 is 0. The Balaban J connectivity index is 2.47. The molecule has 0 spiro atoms. The number of imidazole rings is 1. The lowest BCUT2D eigenvalue weighted by atomic mass is 9.90. The number of carbonyl (C=O) groups is 1. The summed E-state index contributed by atoms with van der Waals surface area (Å²) in [5, 5.41) is 11.9. The van der Waals surface area contributed by atoms with E-state index in [4.69, 9.17) is 10.2 Å². The number of nitrogens with zero attached hydrogens (tertiary/aromatic N) is 2. The van der Waals surface area contributed by atoms with E-state index in [1.807, 2.05) is 18.3 Å². The number of nitrogens with one attached hydrogen (secondary N) is 2. The highest BCUT2D eigenvalue weighted by Gasteiger charge is 2.23. The van der Waals surface area contributed by atoms with E-state index in [1.54, 1.807) is 11.6 Å². The average molecular weight is 316 g/mol. The molecule has 0 unspecified atom stereocenters. The van der Waals surface area contributed by atoms with Gasteiger partial charge >= 0.3 is 0 Å². The normalized spacial score (nSPS) is 12.2. The van der Waals surface area contributed by atoms with Crippen LogP contribution in [0.1, 0.15) is 44.6 Å². The smallest absolute Gasteiger partial charge is 0.267 e. The third kappa shape index (κ3) is 3.97. The summed E-state index contributed by atoms with van der Waals surface area (Å²) in [6.45, 7) is 10.2. The van der Waals surface area contributed by atoms with Gasteiger partial charge in [0.2, 0.25) is 0 Å². The molecule has 0 radical (unpaired) electrons. The van der Waals surface area contributed by atoms with Crippen LogP contribution in [-0.2, 0) is 16.8 Å². The van der Waals surface area contributed by atoms with Crippen molar-refractivity contribution in [1.29, 1.82) is 0 Å². The molecule has 0 fully saturated rings. The Hall–Kier alpha value is -2.18. The fraction of sp³-hybridized carbons (Fsp3) is 0.412. The van der Waals surface area contributed by atoms with Crippen molar-refractivity contribution in [1.82, 2.24) is 20.2 Å². The zero-order valence-corrected chi connectivity index (χ0v) is 14.1. The fourth-order valence-electron chi connectivity index (χ4n) is 2.44. The van der Waals surface area contributed by atoms with Crippen LogP contribution >= 0.6 is 0 Å². The van der Waals surface area contributed by atoms with Crippen LogP contribution in [0.3, 0.4) is 0 Å². The first kappa shape index (κ1) is 17.2. The molecule has 23 heavy (non-hydrogen) atoms. The number of fused-ring (bicyclic) bond motifs is 1. The molecule has 2 aromatic rings. The van der Waals surface area contributed by atoms with Crippen molar-refractivity contribution in [3.05, 3.63) is 41.4 Å². The van der Waals surface area contributed by atoms with Gasteiger partial charge in [-0.25, -0.2) is 10.5 Å². The minimum absolute atomic E-state index is 0.0520. The predicted molar refractivity (Wildman–Crippen MR) is 90.2 cm³/mol. The lowest BCUT2D eigenvalue weighted by Gasteiger charge is -2.18. The summed E-state index contributed by atoms with van der Waals surface area (Å²) in [5.74, 6) is -0.559. The van der Waals surface area contributed by atoms with E-state index in [0.29, 0.717) is 0 Å². The molecule has 0 saturated carbocycles. The largest absolute Gasteiger partial charge is 0.311 e. The van der Waals surface area contributed by atoms with Crippen LogP contribution in [-0.4, -0.2) is 27.0 Å². The van der Waals surface area contributed by atoms with Gasteiger partial charge in [0.25, 0.3) is 5.91 Å². The zero-order chi connectivity index (χ0) is 17.0. The Kier molecular flexibility index (Phi) is 5.18. The number of rotatable bonds is 5. The quantitative estimate of drug-likeness (QED) is 0.449. The SMILES string of the molecule is CCNCc1c(C(C)(C)C)nc2cc(/C=C/C(=O)NO)ccn12. The molecule has 3 N–H and O–H groups in total. The molecule has 2 heterocycles. The first-order valence-corrected chi connectivity index (χ1v) is 7.71. The highest BCUT2D eigenvalue weighted by atomic mass is 16.5. The number of hydrogen-bond donors (Lipinski definition) is 3. The van der Waals surface area contributed by atoms with Crippen molar-refractivity contribution in [3.63, 3.8) is 0 Å². The average Bonchev–Trinajstić information content (AvgIpc) is 2.88. The molecule has 124 valence electrons. The fourth-order valence-corrected chi connectivity index (χ4v) is 2.44. The third-order valence-electron chi connectivity index (χ3n) is 3.54. The standard InChI is InChI=1S/C17H24N4O2/c1-5-18-11-13-16(17(2,3)4)19-14-10-12(8-9-21(13)14)6-7-15(22)20-23/h6-10,18,23H,5,11H2,1-4H3,(H,20,22)/b7-6+. The van der Waals surface area contributed by atoms with E-state index in [2.05, 4.69) is 37.4 Å². The second-order valence-corrected chi connectivity index (χ2v) is 6.44. The van der Waals surface area contributed by atoms with Crippen molar-refractivity contribution in [3.8, 4) is 0 Å². The number of aromatic nitrogens is 2. The van der Waals surface area contributed by atoms with Crippen LogP contribution < -0.4 is 10.8 Å². The first-order valence-electron chi connectivity index (χ1n) is 7.71. The summed E-state index contributed by atoms with van der Waals surface area (Å²) in [6, 6.07) is 3.84. The molecule has 0 atom stereocenters. The van der Waals surface area contributed by atoms with Crippen LogP contribution in [0.5, 0.6) is 0 Å². The minimum Gasteiger partial charge on any atom is -0.311 e. The van der Waals surface area contributed by atoms with Gasteiger partial charge in [0, 0.05) is 24.2 Å². The predicted octanol–water partition coefficient (Wildman–Crippen LogP) is 2.26. The second kappa shape index (κ2) is 6.93. The molecule has 0 aliphatic carbocycles. The lowest BCUT2D eigenvalue weighted by Crippen LogP contribution is -2.20. The Morgan fingerprint density at radius 3 is 2.78 bits per heavy atom. The summed E-state index contributed by atoms with van der Waals surface area (Å²) in [6.07, 6.45) is 4.88. The van der Waals surface area contributed by atoms with Crippen molar-refractivity contribution in [2.24, 2.45) is 0 Å². The van der Waals surface area contributed by atoms with E-state index < -0.39 is 5.91 Å². The molecule has 6 nitrogen and oxygen atoms in total. The van der Waals surface area contributed by atoms with E-state index in [-0.39, 0.29) is 5.41 Å². The maximum absolute atomic E-state index is 11.1. The second-order valence-electron chi connectivity index (χ2n) is 6.44. The molecule has 0 saturated heterocycles. The summed E-state index contributed by atoms with van der Waals surface area (Å²) in [5.41, 5.74) is 5.43. The number of carbonyl (C=O) groups excluding carboxylic acids is 1. The first-order chi connectivity index (χ1) is 10.9. The highest BCUT2D eigenvalue weighted by molar-refractivity contribution is 5.90. The number of pyridine rings is 1. The van der Waals surface area contributed by atoms with Gasteiger partial charge in [0.15, 0.2) is 0 Å². The number of hydroxylamine groups is 1. The van der Waals surface area contributed by atoms with Gasteiger partial charge in [-0.2, -0.15) is 0 Å². The molecule has 0 aliphatic rings. The van der Waals surface area contributed by atoms with Crippen molar-refractivity contribution in [2.45, 2.75) is 39.7 Å². The van der Waals surface area contributed by atoms with Gasteiger partial charge in [-0.15, -0.1) is 0 Å². The van der Waals surface area contributed by atoms with Crippen molar-refractivity contribution >= 4 is 17.6 Å². The Labute approximate surface area is 136 Å². The molecule has 2 aromatic heterocycles. The lowest BCUT2D eigenvalue weighted by molar-refractivity contribution is -0.124. The maximum atomic E-state index is 11.1. The van der Waals surface area contributed by atoms with Crippen LogP contribution in [0.25, 0.3) is 11.7 Å². The molecular weight excluding hydrogens is 292 g/mol. The van der Waals surface area contributed by atoms with E-state index in [9.17, 15) is 4.79 Å². The third-order valence-corrected chi connectivity index (χ3v) is 3.54. The molecular formula is C17H24N4O2. The Bertz CT molecular complexity index is 726. The van der Waals surface area contributed by atoms with E-state index in [1.165, 1.54) is 6.08 Å². The Morgan fingerprint density at radius 1 is 1.43 bits per heavy atom. The molecule has 0 aromatic carbocycles. The summed E-state index contributed by atoms with van der Waals surface area (Å²) in [7, 11) is 0. The van der Waals surface area contributed by atoms with Crippen LogP contribution in [0.2, 0.25) is 0 Å². The van der Waals surface area contributed by atoms with Crippen LogP contribution in [0, 0.1) is 0 Å². The zero-order valence-electron chi connectivity index (χ0n) is 14.1. The van der Waals surface area contributed by atoms with E-state index in [0.717, 1.165) is 35.7 Å². The molecule has 1 amide bonds. The number of amides is 1. The van der Waals surface area contributed by atoms with Gasteiger partial charge in [-0.1, -0.05) is 27.7 Å². The van der Waals surface area contributed by atoms with Crippen LogP contribution in [0.15, 0.2) is 24.4 Å². The number of hydrogen-bond acceptors (Lipinski definition) is 4. The molecule has 6 heteroatoms. The monoisotopic (exact) mass is 316 g/mol. The van der Waals surface area contributed by atoms with Gasteiger partial charge < -0.3 is 9.72 Å².